The summed E-state index contributed by atoms with van der Waals surface area (Å²) in [4.78, 5) is 28.5. The summed E-state index contributed by atoms with van der Waals surface area (Å²) in [5, 5.41) is 8.80. The van der Waals surface area contributed by atoms with Crippen molar-refractivity contribution in [3.8, 4) is 22.6 Å². The summed E-state index contributed by atoms with van der Waals surface area (Å²) in [7, 11) is 2.44. The van der Waals surface area contributed by atoms with Crippen LogP contribution in [0.5, 0.6) is 11.5 Å². The van der Waals surface area contributed by atoms with E-state index in [4.69, 9.17) is 32.7 Å². The highest BCUT2D eigenvalue weighted by Gasteiger charge is 2.40. The third kappa shape index (κ3) is 11.6. The standard InChI is InChI=1S/C53H58N3O10P/c1-6-42(34-60-2)56-67(59,63-5)66-33-38-16-14-15-37(31-38)32-54-51(57)50(55-52(58)64-35-49-47-21-12-10-19-45(47)46-20-11-13-22-48(46)49)36-65-53(39-17-8-7-9-18-39,40-23-27-43(61-3)28-24-40)41-25-29-44(62-4)30-26-41/h7-31,42,49-50H,6,32-36H2,1-5H3,(H,54,57)(H,55,58)(H,56,59). The Morgan fingerprint density at radius 3 is 1.81 bits per heavy atom. The van der Waals surface area contributed by atoms with Crippen LogP contribution in [0.4, 0.5) is 4.79 Å². The number of fused-ring (bicyclic) bond motifs is 3. The van der Waals surface area contributed by atoms with Crippen molar-refractivity contribution in [2.45, 2.75) is 50.1 Å². The van der Waals surface area contributed by atoms with Gasteiger partial charge in [-0.15, -0.1) is 0 Å². The zero-order valence-corrected chi connectivity index (χ0v) is 39.3. The van der Waals surface area contributed by atoms with Crippen LogP contribution in [0.15, 0.2) is 152 Å². The molecule has 0 bridgehead atoms. The number of benzene rings is 6. The quantitative estimate of drug-likeness (QED) is 0.0416. The van der Waals surface area contributed by atoms with Crippen molar-refractivity contribution in [1.29, 1.82) is 0 Å². The summed E-state index contributed by atoms with van der Waals surface area (Å²) in [5.41, 5.74) is 6.75. The van der Waals surface area contributed by atoms with Crippen LogP contribution < -0.4 is 25.2 Å². The van der Waals surface area contributed by atoms with E-state index in [1.807, 2.05) is 146 Å². The molecule has 0 spiro atoms. The van der Waals surface area contributed by atoms with Crippen LogP contribution in [0.25, 0.3) is 11.1 Å². The third-order valence-corrected chi connectivity index (χ3v) is 13.5. The second kappa shape index (κ2) is 22.9. The van der Waals surface area contributed by atoms with Gasteiger partial charge in [0, 0.05) is 32.7 Å². The number of carbonyl (C=O) groups excluding carboxylic acids is 2. The molecule has 0 radical (unpaired) electrons. The van der Waals surface area contributed by atoms with Gasteiger partial charge in [0.05, 0.1) is 34.0 Å². The summed E-state index contributed by atoms with van der Waals surface area (Å²) >= 11 is 0. The maximum atomic E-state index is 14.5. The molecule has 0 saturated heterocycles. The van der Waals surface area contributed by atoms with E-state index >= 15 is 0 Å². The predicted octanol–water partition coefficient (Wildman–Crippen LogP) is 9.52. The molecule has 3 unspecified atom stereocenters. The third-order valence-electron chi connectivity index (χ3n) is 11.9. The van der Waals surface area contributed by atoms with Crippen LogP contribution in [0.2, 0.25) is 0 Å². The Bertz CT molecular complexity index is 2520. The molecule has 1 aliphatic carbocycles. The molecular weight excluding hydrogens is 870 g/mol. The molecule has 0 saturated carbocycles. The van der Waals surface area contributed by atoms with Gasteiger partial charge in [0.2, 0.25) is 5.91 Å². The van der Waals surface area contributed by atoms with Crippen LogP contribution in [-0.4, -0.2) is 72.3 Å². The van der Waals surface area contributed by atoms with Gasteiger partial charge in [0.15, 0.2) is 0 Å². The first kappa shape index (κ1) is 48.6. The molecule has 6 aromatic carbocycles. The zero-order valence-electron chi connectivity index (χ0n) is 38.4. The van der Waals surface area contributed by atoms with Gasteiger partial charge in [-0.1, -0.05) is 134 Å². The summed E-state index contributed by atoms with van der Waals surface area (Å²) in [6.45, 7) is 2.11. The van der Waals surface area contributed by atoms with Crippen molar-refractivity contribution in [3.05, 3.63) is 191 Å². The van der Waals surface area contributed by atoms with Gasteiger partial charge in [-0.25, -0.2) is 14.4 Å². The van der Waals surface area contributed by atoms with E-state index in [9.17, 15) is 14.2 Å². The van der Waals surface area contributed by atoms with Gasteiger partial charge in [-0.3, -0.25) is 9.32 Å². The lowest BCUT2D eigenvalue weighted by Crippen LogP contribution is -2.51. The Balaban J connectivity index is 1.15. The Morgan fingerprint density at radius 2 is 1.24 bits per heavy atom. The normalized spacial score (nSPS) is 13.9. The van der Waals surface area contributed by atoms with Gasteiger partial charge in [0.25, 0.3) is 0 Å². The molecule has 0 fully saturated rings. The molecular formula is C53H58N3O10P. The van der Waals surface area contributed by atoms with E-state index < -0.39 is 31.4 Å². The average Bonchev–Trinajstić information content (AvgIpc) is 3.70. The molecule has 0 aliphatic heterocycles. The highest BCUT2D eigenvalue weighted by molar-refractivity contribution is 7.51. The van der Waals surface area contributed by atoms with E-state index in [0.29, 0.717) is 30.1 Å². The number of ether oxygens (including phenoxy) is 5. The number of carbonyl (C=O) groups is 2. The van der Waals surface area contributed by atoms with Crippen molar-refractivity contribution >= 4 is 19.7 Å². The Hall–Kier alpha value is -6.31. The SMILES string of the molecule is CCC(COC)NP(=O)(OC)OCc1cccc(CNC(=O)C(COC(c2ccccc2)(c2ccc(OC)cc2)c2ccc(OC)cc2)NC(=O)OCC2c3ccccc3-c3ccccc32)c1. The zero-order chi connectivity index (χ0) is 47.2. The van der Waals surface area contributed by atoms with Crippen molar-refractivity contribution in [2.24, 2.45) is 0 Å². The van der Waals surface area contributed by atoms with E-state index in [-0.39, 0.29) is 38.3 Å². The van der Waals surface area contributed by atoms with E-state index in [2.05, 4.69) is 27.9 Å². The molecule has 3 atom stereocenters. The monoisotopic (exact) mass is 927 g/mol. The minimum atomic E-state index is -3.66. The number of nitrogens with one attached hydrogen (secondary N) is 3. The summed E-state index contributed by atoms with van der Waals surface area (Å²) in [5.74, 6) is 0.600. The summed E-state index contributed by atoms with van der Waals surface area (Å²) < 4.78 is 53.8. The molecule has 3 N–H and O–H groups in total. The van der Waals surface area contributed by atoms with Crippen molar-refractivity contribution in [2.75, 3.05) is 48.3 Å². The van der Waals surface area contributed by atoms with Crippen molar-refractivity contribution in [1.82, 2.24) is 15.7 Å². The highest BCUT2D eigenvalue weighted by atomic mass is 31.2. The molecule has 0 heterocycles. The van der Waals surface area contributed by atoms with Crippen LogP contribution in [-0.2, 0) is 51.4 Å². The smallest absolute Gasteiger partial charge is 0.407 e. The second-order valence-corrected chi connectivity index (χ2v) is 17.9. The highest BCUT2D eigenvalue weighted by Crippen LogP contribution is 2.46. The second-order valence-electron chi connectivity index (χ2n) is 16.0. The molecule has 6 aromatic rings. The Kier molecular flexibility index (Phi) is 16.6. The maximum absolute atomic E-state index is 14.5. The van der Waals surface area contributed by atoms with Gasteiger partial charge >= 0.3 is 13.8 Å². The van der Waals surface area contributed by atoms with E-state index in [1.54, 1.807) is 21.3 Å². The van der Waals surface area contributed by atoms with Gasteiger partial charge < -0.3 is 38.8 Å². The largest absolute Gasteiger partial charge is 0.497 e. The fraction of sp³-hybridized carbons (Fsp3) is 0.283. The first-order valence-electron chi connectivity index (χ1n) is 22.2. The maximum Gasteiger partial charge on any atom is 0.407 e. The average molecular weight is 928 g/mol. The molecule has 1 aliphatic rings. The van der Waals surface area contributed by atoms with Crippen LogP contribution in [0, 0.1) is 0 Å². The number of hydrogen-bond donors (Lipinski definition) is 3. The number of rotatable bonds is 23. The topological polar surface area (TPSA) is 152 Å². The fourth-order valence-electron chi connectivity index (χ4n) is 8.36. The Morgan fingerprint density at radius 1 is 0.672 bits per heavy atom. The van der Waals surface area contributed by atoms with Crippen LogP contribution >= 0.6 is 7.75 Å². The minimum absolute atomic E-state index is 0.0264. The molecule has 67 heavy (non-hydrogen) atoms. The first-order chi connectivity index (χ1) is 32.6. The molecule has 2 amide bonds. The molecule has 14 heteroatoms. The lowest BCUT2D eigenvalue weighted by molar-refractivity contribution is -0.126. The molecule has 350 valence electrons. The number of methoxy groups -OCH3 is 3. The molecule has 0 aromatic heterocycles. The predicted molar refractivity (Wildman–Crippen MR) is 257 cm³/mol. The number of hydrogen-bond acceptors (Lipinski definition) is 10. The fourth-order valence-corrected chi connectivity index (χ4v) is 9.67. The van der Waals surface area contributed by atoms with Crippen molar-refractivity contribution in [3.63, 3.8) is 0 Å². The van der Waals surface area contributed by atoms with Gasteiger partial charge in [-0.2, -0.15) is 0 Å². The Labute approximate surface area is 392 Å². The van der Waals surface area contributed by atoms with Crippen molar-refractivity contribution < 1.29 is 46.9 Å². The first-order valence-corrected chi connectivity index (χ1v) is 23.7. The number of alkyl carbamates (subject to hydrolysis) is 1. The molecule has 13 nitrogen and oxygen atoms in total. The van der Waals surface area contributed by atoms with E-state index in [0.717, 1.165) is 44.5 Å². The summed E-state index contributed by atoms with van der Waals surface area (Å²) in [6, 6.07) is 46.8. The lowest BCUT2D eigenvalue weighted by atomic mass is 9.80. The number of amides is 2. The molecule has 7 rings (SSSR count). The lowest BCUT2D eigenvalue weighted by Gasteiger charge is -2.37. The van der Waals surface area contributed by atoms with Gasteiger partial charge in [0.1, 0.15) is 29.7 Å². The van der Waals surface area contributed by atoms with E-state index in [1.165, 1.54) is 7.11 Å². The van der Waals surface area contributed by atoms with Crippen LogP contribution in [0.3, 0.4) is 0 Å². The minimum Gasteiger partial charge on any atom is -0.497 e. The van der Waals surface area contributed by atoms with Crippen LogP contribution in [0.1, 0.15) is 58.2 Å². The van der Waals surface area contributed by atoms with Gasteiger partial charge in [-0.05, 0) is 80.8 Å². The summed E-state index contributed by atoms with van der Waals surface area (Å²) in [6.07, 6.45) is -0.131.